The fraction of sp³-hybridized carbons (Fsp3) is 0.571. The first-order valence-electron chi connectivity index (χ1n) is 6.58. The van der Waals surface area contributed by atoms with Crippen molar-refractivity contribution in [3.63, 3.8) is 0 Å². The Bertz CT molecular complexity index is 413. The van der Waals surface area contributed by atoms with Crippen molar-refractivity contribution in [2.45, 2.75) is 12.6 Å². The van der Waals surface area contributed by atoms with Gasteiger partial charge in [-0.15, -0.1) is 0 Å². The molecule has 0 spiro atoms. The maximum Gasteiger partial charge on any atom is 0.416 e. The predicted octanol–water partition coefficient (Wildman–Crippen LogP) is 2.70. The predicted molar refractivity (Wildman–Crippen MR) is 68.4 cm³/mol. The molecule has 1 aromatic carbocycles. The maximum absolute atomic E-state index is 12.4. The highest BCUT2D eigenvalue weighted by Gasteiger charge is 2.30. The summed E-state index contributed by atoms with van der Waals surface area (Å²) in [6, 6.07) is 4.71. The lowest BCUT2D eigenvalue weighted by atomic mass is 9.92. The standard InChI is InChI=1S/C14H18F3NO2/c15-14(16,17)12-1-3-13(4-2-12)20-9-11(7-18)10-5-6-19-8-10/h1-4,10-11H,5-9,18H2. The molecule has 1 aliphatic heterocycles. The third-order valence-corrected chi connectivity index (χ3v) is 3.58. The van der Waals surface area contributed by atoms with Crippen LogP contribution < -0.4 is 10.5 Å². The van der Waals surface area contributed by atoms with Crippen molar-refractivity contribution in [2.75, 3.05) is 26.4 Å². The molecule has 6 heteroatoms. The number of nitrogens with two attached hydrogens (primary N) is 1. The molecule has 1 aliphatic rings. The van der Waals surface area contributed by atoms with E-state index in [9.17, 15) is 13.2 Å². The van der Waals surface area contributed by atoms with Crippen LogP contribution in [0.1, 0.15) is 12.0 Å². The van der Waals surface area contributed by atoms with E-state index in [4.69, 9.17) is 15.2 Å². The van der Waals surface area contributed by atoms with Gasteiger partial charge in [-0.3, -0.25) is 0 Å². The largest absolute Gasteiger partial charge is 0.493 e. The molecule has 0 bridgehead atoms. The lowest BCUT2D eigenvalue weighted by Gasteiger charge is -2.21. The second-order valence-corrected chi connectivity index (χ2v) is 4.95. The second kappa shape index (κ2) is 6.45. The third-order valence-electron chi connectivity index (χ3n) is 3.58. The molecule has 0 aliphatic carbocycles. The monoisotopic (exact) mass is 289 g/mol. The molecule has 3 nitrogen and oxygen atoms in total. The highest BCUT2D eigenvalue weighted by Crippen LogP contribution is 2.30. The summed E-state index contributed by atoms with van der Waals surface area (Å²) in [4.78, 5) is 0. The van der Waals surface area contributed by atoms with Crippen molar-refractivity contribution in [3.8, 4) is 5.75 Å². The van der Waals surface area contributed by atoms with Gasteiger partial charge < -0.3 is 15.2 Å². The van der Waals surface area contributed by atoms with Crippen LogP contribution in [0.5, 0.6) is 5.75 Å². The zero-order valence-electron chi connectivity index (χ0n) is 11.0. The van der Waals surface area contributed by atoms with Crippen LogP contribution in [0.2, 0.25) is 0 Å². The van der Waals surface area contributed by atoms with E-state index in [2.05, 4.69) is 0 Å². The second-order valence-electron chi connectivity index (χ2n) is 4.95. The lowest BCUT2D eigenvalue weighted by molar-refractivity contribution is -0.137. The number of rotatable bonds is 5. The number of hydrogen-bond acceptors (Lipinski definition) is 3. The van der Waals surface area contributed by atoms with Gasteiger partial charge in [-0.25, -0.2) is 0 Å². The lowest BCUT2D eigenvalue weighted by Crippen LogP contribution is -2.29. The van der Waals surface area contributed by atoms with Gasteiger partial charge >= 0.3 is 6.18 Å². The van der Waals surface area contributed by atoms with Gasteiger partial charge in [0.15, 0.2) is 0 Å². The zero-order valence-corrected chi connectivity index (χ0v) is 11.0. The van der Waals surface area contributed by atoms with Crippen molar-refractivity contribution in [1.82, 2.24) is 0 Å². The van der Waals surface area contributed by atoms with Gasteiger partial charge in [-0.2, -0.15) is 13.2 Å². The van der Waals surface area contributed by atoms with E-state index >= 15 is 0 Å². The number of alkyl halides is 3. The summed E-state index contributed by atoms with van der Waals surface area (Å²) in [5.41, 5.74) is 5.04. The number of halogens is 3. The summed E-state index contributed by atoms with van der Waals surface area (Å²) in [5, 5.41) is 0. The quantitative estimate of drug-likeness (QED) is 0.906. The first-order chi connectivity index (χ1) is 9.50. The Hall–Kier alpha value is -1.27. The first kappa shape index (κ1) is 15.1. The van der Waals surface area contributed by atoms with Crippen molar-refractivity contribution in [2.24, 2.45) is 17.6 Å². The van der Waals surface area contributed by atoms with E-state index in [0.29, 0.717) is 31.4 Å². The summed E-state index contributed by atoms with van der Waals surface area (Å²) < 4.78 is 48.1. The fourth-order valence-corrected chi connectivity index (χ4v) is 2.26. The Balaban J connectivity index is 1.89. The Morgan fingerprint density at radius 3 is 2.50 bits per heavy atom. The molecular weight excluding hydrogens is 271 g/mol. The van der Waals surface area contributed by atoms with Gasteiger partial charge in [-0.05, 0) is 43.1 Å². The third kappa shape index (κ3) is 3.86. The van der Waals surface area contributed by atoms with Crippen molar-refractivity contribution in [3.05, 3.63) is 29.8 Å². The SMILES string of the molecule is NCC(COc1ccc(C(F)(F)F)cc1)C1CCOC1. The van der Waals surface area contributed by atoms with Crippen LogP contribution in [0.3, 0.4) is 0 Å². The van der Waals surface area contributed by atoms with E-state index in [0.717, 1.165) is 25.2 Å². The van der Waals surface area contributed by atoms with Crippen LogP contribution in [-0.2, 0) is 10.9 Å². The molecule has 20 heavy (non-hydrogen) atoms. The Labute approximate surface area is 115 Å². The summed E-state index contributed by atoms with van der Waals surface area (Å²) in [6.45, 7) is 2.30. The number of hydrogen-bond donors (Lipinski definition) is 1. The molecule has 1 saturated heterocycles. The van der Waals surface area contributed by atoms with Crippen molar-refractivity contribution in [1.29, 1.82) is 0 Å². The average molecular weight is 289 g/mol. The molecule has 2 rings (SSSR count). The zero-order chi connectivity index (χ0) is 14.6. The van der Waals surface area contributed by atoms with Gasteiger partial charge in [0.1, 0.15) is 5.75 Å². The Kier molecular flexibility index (Phi) is 4.88. The fourth-order valence-electron chi connectivity index (χ4n) is 2.26. The van der Waals surface area contributed by atoms with Crippen LogP contribution in [0.4, 0.5) is 13.2 Å². The van der Waals surface area contributed by atoms with Crippen LogP contribution >= 0.6 is 0 Å². The molecule has 0 aromatic heterocycles. The summed E-state index contributed by atoms with van der Waals surface area (Å²) >= 11 is 0. The normalized spacial score (nSPS) is 20.9. The van der Waals surface area contributed by atoms with E-state index in [-0.39, 0.29) is 5.92 Å². The highest BCUT2D eigenvalue weighted by atomic mass is 19.4. The number of benzene rings is 1. The van der Waals surface area contributed by atoms with Gasteiger partial charge in [0.05, 0.1) is 12.2 Å². The molecule has 2 N–H and O–H groups in total. The first-order valence-corrected chi connectivity index (χ1v) is 6.58. The van der Waals surface area contributed by atoms with Crippen molar-refractivity contribution < 1.29 is 22.6 Å². The van der Waals surface area contributed by atoms with E-state index in [1.165, 1.54) is 12.1 Å². The molecule has 1 fully saturated rings. The van der Waals surface area contributed by atoms with E-state index in [1.54, 1.807) is 0 Å². The molecular formula is C14H18F3NO2. The Morgan fingerprint density at radius 1 is 1.30 bits per heavy atom. The molecule has 1 heterocycles. The van der Waals surface area contributed by atoms with Gasteiger partial charge in [0.2, 0.25) is 0 Å². The molecule has 2 unspecified atom stereocenters. The van der Waals surface area contributed by atoms with Gasteiger partial charge in [0, 0.05) is 19.1 Å². The minimum Gasteiger partial charge on any atom is -0.493 e. The maximum atomic E-state index is 12.4. The van der Waals surface area contributed by atoms with Crippen LogP contribution in [-0.4, -0.2) is 26.4 Å². The van der Waals surface area contributed by atoms with E-state index < -0.39 is 11.7 Å². The summed E-state index contributed by atoms with van der Waals surface area (Å²) in [7, 11) is 0. The van der Waals surface area contributed by atoms with Gasteiger partial charge in [-0.1, -0.05) is 0 Å². The molecule has 1 aromatic rings. The van der Waals surface area contributed by atoms with Crippen LogP contribution in [0.15, 0.2) is 24.3 Å². The van der Waals surface area contributed by atoms with Crippen molar-refractivity contribution >= 4 is 0 Å². The smallest absolute Gasteiger partial charge is 0.416 e. The Morgan fingerprint density at radius 2 is 2.00 bits per heavy atom. The minimum atomic E-state index is -4.32. The molecule has 0 amide bonds. The molecule has 0 radical (unpaired) electrons. The number of ether oxygens (including phenoxy) is 2. The van der Waals surface area contributed by atoms with Gasteiger partial charge in [0.25, 0.3) is 0 Å². The summed E-state index contributed by atoms with van der Waals surface area (Å²) in [5.74, 6) is 0.963. The van der Waals surface area contributed by atoms with Crippen LogP contribution in [0.25, 0.3) is 0 Å². The minimum absolute atomic E-state index is 0.166. The summed E-state index contributed by atoms with van der Waals surface area (Å²) in [6.07, 6.45) is -3.36. The van der Waals surface area contributed by atoms with Crippen LogP contribution in [0, 0.1) is 11.8 Å². The molecule has 2 atom stereocenters. The topological polar surface area (TPSA) is 44.5 Å². The van der Waals surface area contributed by atoms with E-state index in [1.807, 2.05) is 0 Å². The highest BCUT2D eigenvalue weighted by molar-refractivity contribution is 5.28. The average Bonchev–Trinajstić information content (AvgIpc) is 2.93. The molecule has 112 valence electrons. The molecule has 0 saturated carbocycles.